The van der Waals surface area contributed by atoms with Gasteiger partial charge in [-0.3, -0.25) is 9.17 Å². The van der Waals surface area contributed by atoms with Gasteiger partial charge in [-0.25, -0.2) is 13.2 Å². The molecule has 42 heavy (non-hydrogen) atoms. The van der Waals surface area contributed by atoms with E-state index in [1.807, 2.05) is 0 Å². The van der Waals surface area contributed by atoms with Crippen LogP contribution in [0.15, 0.2) is 77.8 Å². The molecule has 3 aromatic carbocycles. The van der Waals surface area contributed by atoms with Gasteiger partial charge in [-0.2, -0.15) is 21.6 Å². The number of alkyl halides is 3. The molecule has 0 amide bonds. The Morgan fingerprint density at radius 1 is 0.929 bits per heavy atom. The number of benzene rings is 3. The Kier molecular flexibility index (Phi) is 8.89. The van der Waals surface area contributed by atoms with E-state index < -0.39 is 37.7 Å². The first-order chi connectivity index (χ1) is 19.7. The first-order valence-corrected chi connectivity index (χ1v) is 15.7. The Morgan fingerprint density at radius 3 is 2.26 bits per heavy atom. The second-order valence-electron chi connectivity index (χ2n) is 9.04. The van der Waals surface area contributed by atoms with Crippen molar-refractivity contribution in [1.82, 2.24) is 4.98 Å². The van der Waals surface area contributed by atoms with Crippen LogP contribution in [0.4, 0.5) is 13.2 Å². The summed E-state index contributed by atoms with van der Waals surface area (Å²) in [7, 11) is -6.36. The fourth-order valence-electron chi connectivity index (χ4n) is 4.19. The van der Waals surface area contributed by atoms with Crippen LogP contribution in [0.2, 0.25) is 0 Å². The summed E-state index contributed by atoms with van der Waals surface area (Å²) in [5.41, 5.74) is -0.899. The molecule has 14 heteroatoms. The average molecular weight is 624 g/mol. The van der Waals surface area contributed by atoms with Gasteiger partial charge in [0, 0.05) is 17.1 Å². The lowest BCUT2D eigenvalue weighted by Gasteiger charge is -2.16. The third-order valence-electron chi connectivity index (χ3n) is 5.99. The van der Waals surface area contributed by atoms with E-state index in [9.17, 15) is 34.8 Å². The van der Waals surface area contributed by atoms with Gasteiger partial charge in [-0.15, -0.1) is 0 Å². The summed E-state index contributed by atoms with van der Waals surface area (Å²) in [6, 6.07) is 15.3. The van der Waals surface area contributed by atoms with Crippen molar-refractivity contribution in [2.75, 3.05) is 25.7 Å². The first kappa shape index (κ1) is 30.9. The maximum Gasteiger partial charge on any atom is 0.418 e. The molecule has 0 aliphatic heterocycles. The van der Waals surface area contributed by atoms with E-state index in [0.29, 0.717) is 5.56 Å². The molecule has 0 aliphatic rings. The van der Waals surface area contributed by atoms with Gasteiger partial charge in [0.25, 0.3) is 10.1 Å². The summed E-state index contributed by atoms with van der Waals surface area (Å²) in [4.78, 5) is 16.4. The van der Waals surface area contributed by atoms with Crippen LogP contribution in [0.25, 0.3) is 22.0 Å². The number of esters is 1. The van der Waals surface area contributed by atoms with E-state index in [2.05, 4.69) is 9.17 Å². The zero-order valence-electron chi connectivity index (χ0n) is 22.2. The Bertz CT molecular complexity index is 1860. The molecule has 0 aliphatic carbocycles. The molecule has 222 valence electrons. The smallest absolute Gasteiger partial charge is 0.418 e. The highest BCUT2D eigenvalue weighted by Crippen LogP contribution is 2.39. The third-order valence-corrected chi connectivity index (χ3v) is 8.38. The number of aromatic nitrogens is 1. The monoisotopic (exact) mass is 623 g/mol. The van der Waals surface area contributed by atoms with Crippen molar-refractivity contribution in [3.8, 4) is 22.6 Å². The summed E-state index contributed by atoms with van der Waals surface area (Å²) in [5.74, 6) is -0.820. The third kappa shape index (κ3) is 7.24. The standard InChI is InChI=1S/C28H24F3NO8S2/c1-38-27(33)23-17-32-26-22(11-5-12-24(26)28(29,30)31)25(23)18-7-3-8-19(15-18)40-20-9-4-10-21(16-20)42(36,37)14-6-13-39-41(2,34)35/h3-5,7-12,15-17H,6,13-14H2,1-2H3. The van der Waals surface area contributed by atoms with Crippen LogP contribution < -0.4 is 4.74 Å². The Hall–Kier alpha value is -4.01. The van der Waals surface area contributed by atoms with Gasteiger partial charge in [0.05, 0.1) is 47.3 Å². The number of nitrogens with zero attached hydrogens (tertiary/aromatic N) is 1. The van der Waals surface area contributed by atoms with Crippen LogP contribution in [0, 0.1) is 0 Å². The van der Waals surface area contributed by atoms with Crippen LogP contribution in [0.5, 0.6) is 11.5 Å². The topological polar surface area (TPSA) is 126 Å². The molecule has 1 aromatic heterocycles. The second kappa shape index (κ2) is 12.1. The maximum atomic E-state index is 13.7. The molecule has 0 bridgehead atoms. The van der Waals surface area contributed by atoms with Crippen LogP contribution >= 0.6 is 0 Å². The minimum absolute atomic E-state index is 0.0546. The highest BCUT2D eigenvalue weighted by atomic mass is 32.2. The Balaban J connectivity index is 1.69. The molecule has 4 aromatic rings. The highest BCUT2D eigenvalue weighted by molar-refractivity contribution is 7.91. The molecule has 0 fully saturated rings. The number of para-hydroxylation sites is 1. The summed E-state index contributed by atoms with van der Waals surface area (Å²) in [6.07, 6.45) is -2.85. The molecule has 0 atom stereocenters. The second-order valence-corrected chi connectivity index (χ2v) is 12.8. The summed E-state index contributed by atoms with van der Waals surface area (Å²) < 4.78 is 104. The largest absolute Gasteiger partial charge is 0.465 e. The molecule has 0 unspecified atom stereocenters. The Morgan fingerprint density at radius 2 is 1.60 bits per heavy atom. The molecule has 4 rings (SSSR count). The van der Waals surface area contributed by atoms with Gasteiger partial charge >= 0.3 is 12.1 Å². The highest BCUT2D eigenvalue weighted by Gasteiger charge is 2.34. The van der Waals surface area contributed by atoms with Gasteiger partial charge in [0.2, 0.25) is 0 Å². The number of ether oxygens (including phenoxy) is 2. The minimum Gasteiger partial charge on any atom is -0.465 e. The molecule has 1 heterocycles. The van der Waals surface area contributed by atoms with Crippen molar-refractivity contribution in [3.05, 3.63) is 84.1 Å². The van der Waals surface area contributed by atoms with Crippen molar-refractivity contribution < 1.29 is 48.5 Å². The fourth-order valence-corrected chi connectivity index (χ4v) is 5.92. The molecule has 0 radical (unpaired) electrons. The van der Waals surface area contributed by atoms with Crippen molar-refractivity contribution in [3.63, 3.8) is 0 Å². The van der Waals surface area contributed by atoms with E-state index in [1.54, 1.807) is 18.2 Å². The van der Waals surface area contributed by atoms with E-state index in [0.717, 1.165) is 25.6 Å². The van der Waals surface area contributed by atoms with E-state index >= 15 is 0 Å². The van der Waals surface area contributed by atoms with Crippen LogP contribution in [0.1, 0.15) is 22.3 Å². The number of methoxy groups -OCH3 is 1. The van der Waals surface area contributed by atoms with E-state index in [4.69, 9.17) is 9.47 Å². The molecule has 0 saturated carbocycles. The molecule has 0 spiro atoms. The summed E-state index contributed by atoms with van der Waals surface area (Å²) in [5, 5.41) is 0.0674. The predicted molar refractivity (Wildman–Crippen MR) is 148 cm³/mol. The van der Waals surface area contributed by atoms with Crippen molar-refractivity contribution >= 4 is 36.8 Å². The number of pyridine rings is 1. The van der Waals surface area contributed by atoms with E-state index in [-0.39, 0.29) is 57.2 Å². The predicted octanol–water partition coefficient (Wildman–Crippen LogP) is 5.64. The SMILES string of the molecule is COC(=O)c1cnc2c(C(F)(F)F)cccc2c1-c1cccc(Oc2cccc(S(=O)(=O)CCCOS(C)(=O)=O)c2)c1. The van der Waals surface area contributed by atoms with Crippen molar-refractivity contribution in [2.45, 2.75) is 17.5 Å². The molecular formula is C28H24F3NO8S2. The number of carbonyl (C=O) groups is 1. The zero-order chi connectivity index (χ0) is 30.7. The summed E-state index contributed by atoms with van der Waals surface area (Å²) in [6.45, 7) is -0.289. The lowest BCUT2D eigenvalue weighted by atomic mass is 9.94. The lowest BCUT2D eigenvalue weighted by Crippen LogP contribution is -2.11. The van der Waals surface area contributed by atoms with Gasteiger partial charge in [-0.05, 0) is 48.4 Å². The fraction of sp³-hybridized carbons (Fsp3) is 0.214. The number of rotatable bonds is 10. The first-order valence-electron chi connectivity index (χ1n) is 12.2. The minimum atomic E-state index is -4.69. The normalized spacial score (nSPS) is 12.3. The molecule has 9 nitrogen and oxygen atoms in total. The number of sulfone groups is 1. The zero-order valence-corrected chi connectivity index (χ0v) is 23.8. The quantitative estimate of drug-likeness (QED) is 0.125. The molecule has 0 N–H and O–H groups in total. The Labute approximate surface area is 239 Å². The lowest BCUT2D eigenvalue weighted by molar-refractivity contribution is -0.136. The van der Waals surface area contributed by atoms with Crippen molar-refractivity contribution in [2.24, 2.45) is 0 Å². The number of hydrogen-bond acceptors (Lipinski definition) is 9. The van der Waals surface area contributed by atoms with Gasteiger partial charge in [0.1, 0.15) is 11.5 Å². The number of fused-ring (bicyclic) bond motifs is 1. The number of hydrogen-bond donors (Lipinski definition) is 0. The van der Waals surface area contributed by atoms with Gasteiger partial charge in [-0.1, -0.05) is 30.3 Å². The average Bonchev–Trinajstić information content (AvgIpc) is 2.93. The van der Waals surface area contributed by atoms with E-state index in [1.165, 1.54) is 42.5 Å². The van der Waals surface area contributed by atoms with Crippen molar-refractivity contribution in [1.29, 1.82) is 0 Å². The maximum absolute atomic E-state index is 13.7. The van der Waals surface area contributed by atoms with Gasteiger partial charge < -0.3 is 9.47 Å². The van der Waals surface area contributed by atoms with Gasteiger partial charge in [0.15, 0.2) is 9.84 Å². The van der Waals surface area contributed by atoms with Crippen LogP contribution in [-0.4, -0.2) is 53.5 Å². The molecule has 0 saturated heterocycles. The van der Waals surface area contributed by atoms with Crippen LogP contribution in [-0.2, 0) is 35.1 Å². The molecular weight excluding hydrogens is 599 g/mol. The summed E-state index contributed by atoms with van der Waals surface area (Å²) >= 11 is 0. The number of carbonyl (C=O) groups excluding carboxylic acids is 1. The van der Waals surface area contributed by atoms with Crippen LogP contribution in [0.3, 0.4) is 0 Å². The number of halogens is 3.